The maximum atomic E-state index is 8.69. The Kier molecular flexibility index (Phi) is 6.80. The average molecular weight is 206 g/mol. The van der Waals surface area contributed by atoms with Crippen molar-refractivity contribution in [2.75, 3.05) is 6.61 Å². The predicted octanol–water partition coefficient (Wildman–Crippen LogP) is 1.02. The van der Waals surface area contributed by atoms with Gasteiger partial charge in [-0.05, 0) is 12.8 Å². The van der Waals surface area contributed by atoms with Gasteiger partial charge in [-0.25, -0.2) is 0 Å². The summed E-state index contributed by atoms with van der Waals surface area (Å²) in [7, 11) is 0. The highest BCUT2D eigenvalue weighted by molar-refractivity contribution is 8.01. The summed E-state index contributed by atoms with van der Waals surface area (Å²) in [4.78, 5) is 0. The zero-order valence-corrected chi connectivity index (χ0v) is 8.92. The average Bonchev–Trinajstić information content (AvgIpc) is 2.13. The van der Waals surface area contributed by atoms with Crippen LogP contribution in [0.4, 0.5) is 0 Å². The minimum atomic E-state index is 0.0477. The molecule has 78 valence electrons. The van der Waals surface area contributed by atoms with Crippen LogP contribution in [0.15, 0.2) is 5.16 Å². The van der Waals surface area contributed by atoms with E-state index in [1.165, 1.54) is 0 Å². The molecule has 0 saturated carbocycles. The van der Waals surface area contributed by atoms with Crippen molar-refractivity contribution in [3.8, 4) is 0 Å². The zero-order valence-electron chi connectivity index (χ0n) is 8.10. The first-order valence-corrected chi connectivity index (χ1v) is 5.33. The number of oxime groups is 1. The van der Waals surface area contributed by atoms with Gasteiger partial charge in [-0.1, -0.05) is 19.0 Å². The molecule has 2 atom stereocenters. The number of amidine groups is 1. The fraction of sp³-hybridized carbons (Fsp3) is 0.875. The second kappa shape index (κ2) is 7.03. The highest BCUT2D eigenvalue weighted by atomic mass is 32.2. The van der Waals surface area contributed by atoms with Crippen LogP contribution in [0.2, 0.25) is 0 Å². The van der Waals surface area contributed by atoms with E-state index in [-0.39, 0.29) is 17.7 Å². The van der Waals surface area contributed by atoms with Crippen molar-refractivity contribution in [1.29, 1.82) is 0 Å². The van der Waals surface area contributed by atoms with E-state index in [0.717, 1.165) is 12.8 Å². The molecular weight excluding hydrogens is 188 g/mol. The van der Waals surface area contributed by atoms with E-state index >= 15 is 0 Å². The molecule has 0 amide bonds. The number of aliphatic hydroxyl groups excluding tert-OH is 1. The first-order valence-electron chi connectivity index (χ1n) is 4.39. The van der Waals surface area contributed by atoms with Crippen LogP contribution in [0.5, 0.6) is 0 Å². The van der Waals surface area contributed by atoms with Crippen LogP contribution in [-0.4, -0.2) is 33.3 Å². The Bertz CT molecular complexity index is 164. The molecule has 0 bridgehead atoms. The second-order valence-electron chi connectivity index (χ2n) is 2.88. The van der Waals surface area contributed by atoms with Gasteiger partial charge in [0.05, 0.1) is 5.25 Å². The molecule has 4 nitrogen and oxygen atoms in total. The van der Waals surface area contributed by atoms with E-state index in [1.807, 2.05) is 13.8 Å². The number of hydrogen-bond donors (Lipinski definition) is 3. The molecular formula is C8H18N2O2S. The van der Waals surface area contributed by atoms with Crippen LogP contribution in [0, 0.1) is 0 Å². The summed E-state index contributed by atoms with van der Waals surface area (Å²) in [6.45, 7) is 4.19. The van der Waals surface area contributed by atoms with Gasteiger partial charge in [-0.3, -0.25) is 0 Å². The van der Waals surface area contributed by atoms with E-state index < -0.39 is 0 Å². The lowest BCUT2D eigenvalue weighted by atomic mass is 10.3. The monoisotopic (exact) mass is 206 g/mol. The molecule has 0 aliphatic heterocycles. The van der Waals surface area contributed by atoms with Crippen LogP contribution in [0.3, 0.4) is 0 Å². The van der Waals surface area contributed by atoms with Crippen LogP contribution in [0.25, 0.3) is 0 Å². The summed E-state index contributed by atoms with van der Waals surface area (Å²) in [5, 5.41) is 20.5. The Morgan fingerprint density at radius 1 is 1.62 bits per heavy atom. The van der Waals surface area contributed by atoms with Crippen LogP contribution in [0.1, 0.15) is 26.7 Å². The van der Waals surface area contributed by atoms with Gasteiger partial charge in [0.2, 0.25) is 0 Å². The van der Waals surface area contributed by atoms with E-state index in [0.29, 0.717) is 5.25 Å². The highest BCUT2D eigenvalue weighted by Gasteiger charge is 2.15. The van der Waals surface area contributed by atoms with Crippen molar-refractivity contribution in [2.24, 2.45) is 10.9 Å². The molecule has 0 saturated heterocycles. The Labute approximate surface area is 83.2 Å². The maximum absolute atomic E-state index is 8.69. The predicted molar refractivity (Wildman–Crippen MR) is 56.2 cm³/mol. The first kappa shape index (κ1) is 12.6. The number of rotatable bonds is 6. The molecule has 4 N–H and O–H groups in total. The molecule has 0 heterocycles. The Hall–Kier alpha value is -0.420. The van der Waals surface area contributed by atoms with Gasteiger partial charge in [0.1, 0.15) is 0 Å². The topological polar surface area (TPSA) is 78.8 Å². The van der Waals surface area contributed by atoms with Crippen molar-refractivity contribution >= 4 is 17.6 Å². The highest BCUT2D eigenvalue weighted by Crippen LogP contribution is 2.22. The molecule has 0 spiro atoms. The van der Waals surface area contributed by atoms with Crippen molar-refractivity contribution in [3.63, 3.8) is 0 Å². The molecule has 0 aromatic heterocycles. The fourth-order valence-corrected chi connectivity index (χ4v) is 2.15. The van der Waals surface area contributed by atoms with E-state index in [1.54, 1.807) is 11.8 Å². The number of nitrogens with two attached hydrogens (primary N) is 1. The molecule has 0 aromatic rings. The van der Waals surface area contributed by atoms with Crippen molar-refractivity contribution in [3.05, 3.63) is 0 Å². The molecule has 0 fully saturated rings. The van der Waals surface area contributed by atoms with Gasteiger partial charge in [0.15, 0.2) is 5.84 Å². The molecule has 0 rings (SSSR count). The minimum absolute atomic E-state index is 0.0477. The summed E-state index contributed by atoms with van der Waals surface area (Å²) in [6.07, 6.45) is 1.57. The van der Waals surface area contributed by atoms with Gasteiger partial charge < -0.3 is 16.0 Å². The van der Waals surface area contributed by atoms with E-state index in [9.17, 15) is 0 Å². The third-order valence-corrected chi connectivity index (χ3v) is 3.35. The van der Waals surface area contributed by atoms with Crippen molar-refractivity contribution in [1.82, 2.24) is 0 Å². The second-order valence-corrected chi connectivity index (χ2v) is 4.53. The normalized spacial score (nSPS) is 17.0. The van der Waals surface area contributed by atoms with Crippen LogP contribution < -0.4 is 5.73 Å². The molecule has 0 radical (unpaired) electrons. The lowest BCUT2D eigenvalue weighted by molar-refractivity contribution is 0.289. The fourth-order valence-electron chi connectivity index (χ4n) is 0.970. The van der Waals surface area contributed by atoms with Crippen LogP contribution in [-0.2, 0) is 0 Å². The number of hydrogen-bond acceptors (Lipinski definition) is 4. The Morgan fingerprint density at radius 3 is 2.62 bits per heavy atom. The van der Waals surface area contributed by atoms with Crippen molar-refractivity contribution < 1.29 is 10.3 Å². The summed E-state index contributed by atoms with van der Waals surface area (Å²) in [5.74, 6) is 0.261. The van der Waals surface area contributed by atoms with Gasteiger partial charge in [-0.15, -0.1) is 11.8 Å². The summed E-state index contributed by atoms with van der Waals surface area (Å²) < 4.78 is 0. The van der Waals surface area contributed by atoms with Crippen LogP contribution >= 0.6 is 11.8 Å². The summed E-state index contributed by atoms with van der Waals surface area (Å²) in [6, 6.07) is 0. The summed E-state index contributed by atoms with van der Waals surface area (Å²) >= 11 is 1.63. The quantitative estimate of drug-likeness (QED) is 0.262. The molecule has 5 heteroatoms. The maximum Gasteiger partial charge on any atom is 0.152 e. The third kappa shape index (κ3) is 5.00. The van der Waals surface area contributed by atoms with Gasteiger partial charge in [-0.2, -0.15) is 0 Å². The number of thioether (sulfide) groups is 1. The van der Waals surface area contributed by atoms with E-state index in [2.05, 4.69) is 5.16 Å². The number of nitrogens with zero attached hydrogens (tertiary/aromatic N) is 1. The number of aliphatic hydroxyl groups is 1. The third-order valence-electron chi connectivity index (χ3n) is 1.75. The lowest BCUT2D eigenvalue weighted by Crippen LogP contribution is -2.27. The molecule has 0 aromatic carbocycles. The van der Waals surface area contributed by atoms with Gasteiger partial charge in [0.25, 0.3) is 0 Å². The largest absolute Gasteiger partial charge is 0.409 e. The standard InChI is InChI=1S/C8H18N2O2S/c1-3-7(8(9)10-12)13-6(2)4-5-11/h6-7,11-12H,3-5H2,1-2H3,(H2,9,10). The Morgan fingerprint density at radius 2 is 2.23 bits per heavy atom. The lowest BCUT2D eigenvalue weighted by Gasteiger charge is -2.17. The summed E-state index contributed by atoms with van der Waals surface area (Å²) in [5.41, 5.74) is 5.49. The molecule has 0 aliphatic carbocycles. The Balaban J connectivity index is 3.97. The zero-order chi connectivity index (χ0) is 10.3. The molecule has 2 unspecified atom stereocenters. The molecule has 13 heavy (non-hydrogen) atoms. The van der Waals surface area contributed by atoms with Gasteiger partial charge in [0, 0.05) is 11.9 Å². The molecule has 0 aliphatic rings. The van der Waals surface area contributed by atoms with Crippen molar-refractivity contribution in [2.45, 2.75) is 37.2 Å². The minimum Gasteiger partial charge on any atom is -0.409 e. The van der Waals surface area contributed by atoms with E-state index in [4.69, 9.17) is 16.0 Å². The SMILES string of the molecule is CCC(SC(C)CCO)C(N)=NO. The smallest absolute Gasteiger partial charge is 0.152 e. The van der Waals surface area contributed by atoms with Gasteiger partial charge >= 0.3 is 0 Å². The first-order chi connectivity index (χ1) is 6.15.